The van der Waals surface area contributed by atoms with Gasteiger partial charge in [-0.2, -0.15) is 0 Å². The molecule has 0 aromatic heterocycles. The van der Waals surface area contributed by atoms with Gasteiger partial charge in [-0.25, -0.2) is 0 Å². The first-order valence-corrected chi connectivity index (χ1v) is 20.1. The van der Waals surface area contributed by atoms with Crippen LogP contribution in [0.2, 0.25) is 0 Å². The van der Waals surface area contributed by atoms with E-state index in [1.807, 2.05) is 0 Å². The molecule has 0 saturated heterocycles. The standard InChI is InChI=1S/C50H40B2N2O3/c1-49(2,3)29-23-37-45-43(25-29)56-41-21-13-19-39-47(41)51(45)33-27-34-36(28-35(33)53(37)31-15-9-7-10-16-31)54(32-17-11-8-12-18-32)38-24-30(50(4,5)6)26-44-46(38)52(34)48-40(55-39)20-14-22-42(48)57-44/h7-28H,1-6H3. The van der Waals surface area contributed by atoms with Gasteiger partial charge in [0.15, 0.2) is 0 Å². The van der Waals surface area contributed by atoms with Crippen molar-refractivity contribution in [3.05, 3.63) is 145 Å². The van der Waals surface area contributed by atoms with Crippen molar-refractivity contribution >= 4 is 80.3 Å². The van der Waals surface area contributed by atoms with Crippen LogP contribution in [0.4, 0.5) is 34.1 Å². The lowest BCUT2D eigenvalue weighted by molar-refractivity contribution is 0.458. The highest BCUT2D eigenvalue weighted by Crippen LogP contribution is 2.49. The average Bonchev–Trinajstić information content (AvgIpc) is 3.19. The fourth-order valence-corrected chi connectivity index (χ4v) is 9.88. The summed E-state index contributed by atoms with van der Waals surface area (Å²) in [6, 6.07) is 48.5. The number of hydrogen-bond donors (Lipinski definition) is 0. The van der Waals surface area contributed by atoms with Crippen molar-refractivity contribution in [1.82, 2.24) is 0 Å². The van der Waals surface area contributed by atoms with E-state index in [1.165, 1.54) is 22.1 Å². The maximum Gasteiger partial charge on any atom is 0.261 e. The lowest BCUT2D eigenvalue weighted by Gasteiger charge is -2.45. The van der Waals surface area contributed by atoms with Crippen molar-refractivity contribution in [1.29, 1.82) is 0 Å². The van der Waals surface area contributed by atoms with Gasteiger partial charge in [-0.3, -0.25) is 0 Å². The molecular weight excluding hydrogens is 698 g/mol. The van der Waals surface area contributed by atoms with Gasteiger partial charge in [0, 0.05) is 45.0 Å². The molecule has 0 radical (unpaired) electrons. The molecule has 57 heavy (non-hydrogen) atoms. The zero-order valence-corrected chi connectivity index (χ0v) is 33.0. The molecule has 0 aliphatic carbocycles. The normalized spacial score (nSPS) is 14.8. The first-order valence-electron chi connectivity index (χ1n) is 20.1. The minimum Gasteiger partial charge on any atom is -0.458 e. The maximum absolute atomic E-state index is 7.24. The Bertz CT molecular complexity index is 2690. The SMILES string of the molecule is CC(C)(C)c1cc2c3c(c1)N(c1ccccc1)c1cc4c5cc1B3c1c(cccc1O2)Oc1cccc2c1B5c1c(cc(C(C)(C)C)cc1N4c1ccccc1)O2. The van der Waals surface area contributed by atoms with Gasteiger partial charge in [0.2, 0.25) is 0 Å². The lowest BCUT2D eigenvalue weighted by atomic mass is 9.30. The van der Waals surface area contributed by atoms with Crippen LogP contribution < -0.4 is 56.8 Å². The average molecular weight is 739 g/mol. The van der Waals surface area contributed by atoms with Crippen molar-refractivity contribution in [2.45, 2.75) is 52.4 Å². The first kappa shape index (κ1) is 32.9. The summed E-state index contributed by atoms with van der Waals surface area (Å²) in [6.45, 7) is 13.4. The van der Waals surface area contributed by atoms with Crippen LogP contribution in [0, 0.1) is 0 Å². The zero-order chi connectivity index (χ0) is 38.5. The number of ether oxygens (including phenoxy) is 3. The Labute approximate surface area is 334 Å². The Morgan fingerprint density at radius 3 is 1.14 bits per heavy atom. The van der Waals surface area contributed by atoms with Gasteiger partial charge in [-0.15, -0.1) is 0 Å². The smallest absolute Gasteiger partial charge is 0.261 e. The minimum atomic E-state index is -0.136. The van der Waals surface area contributed by atoms with Crippen LogP contribution in [0.5, 0.6) is 34.5 Å². The van der Waals surface area contributed by atoms with E-state index in [-0.39, 0.29) is 24.3 Å². The summed E-state index contributed by atoms with van der Waals surface area (Å²) < 4.78 is 21.3. The molecule has 0 saturated carbocycles. The molecule has 0 N–H and O–H groups in total. The van der Waals surface area contributed by atoms with Crippen molar-refractivity contribution in [3.8, 4) is 34.5 Å². The summed E-state index contributed by atoms with van der Waals surface area (Å²) >= 11 is 0. The van der Waals surface area contributed by atoms with E-state index < -0.39 is 0 Å². The third kappa shape index (κ3) is 4.54. The monoisotopic (exact) mass is 738 g/mol. The molecule has 5 nitrogen and oxygen atoms in total. The summed E-state index contributed by atoms with van der Waals surface area (Å²) in [4.78, 5) is 4.95. The molecule has 5 aliphatic rings. The molecule has 274 valence electrons. The highest BCUT2D eigenvalue weighted by molar-refractivity contribution is 7.02. The van der Waals surface area contributed by atoms with Gasteiger partial charge in [0.25, 0.3) is 13.4 Å². The Kier molecular flexibility index (Phi) is 6.44. The second kappa shape index (κ2) is 11.2. The number of para-hydroxylation sites is 2. The Balaban J connectivity index is 1.27. The van der Waals surface area contributed by atoms with E-state index in [9.17, 15) is 0 Å². The van der Waals surface area contributed by atoms with Gasteiger partial charge < -0.3 is 24.0 Å². The van der Waals surface area contributed by atoms with E-state index in [2.05, 4.69) is 185 Å². The fourth-order valence-electron chi connectivity index (χ4n) is 9.88. The number of rotatable bonds is 2. The number of nitrogens with zero attached hydrogens (tertiary/aromatic N) is 2. The molecule has 2 bridgehead atoms. The molecule has 12 rings (SSSR count). The zero-order valence-electron chi connectivity index (χ0n) is 33.0. The lowest BCUT2D eigenvalue weighted by Crippen LogP contribution is -2.64. The van der Waals surface area contributed by atoms with Crippen molar-refractivity contribution in [2.24, 2.45) is 0 Å². The van der Waals surface area contributed by atoms with Crippen LogP contribution in [0.3, 0.4) is 0 Å². The van der Waals surface area contributed by atoms with Gasteiger partial charge >= 0.3 is 0 Å². The molecule has 5 heterocycles. The molecule has 5 aliphatic heterocycles. The third-order valence-electron chi connectivity index (χ3n) is 12.6. The topological polar surface area (TPSA) is 34.2 Å². The molecule has 0 atom stereocenters. The summed E-state index contributed by atoms with van der Waals surface area (Å²) in [6.07, 6.45) is 0. The Hall–Kier alpha value is -6.33. The van der Waals surface area contributed by atoms with Crippen molar-refractivity contribution < 1.29 is 14.2 Å². The van der Waals surface area contributed by atoms with Crippen LogP contribution in [-0.2, 0) is 10.8 Å². The second-order valence-electron chi connectivity index (χ2n) is 18.1. The third-order valence-corrected chi connectivity index (χ3v) is 12.6. The van der Waals surface area contributed by atoms with E-state index >= 15 is 0 Å². The van der Waals surface area contributed by atoms with Crippen molar-refractivity contribution in [3.63, 3.8) is 0 Å². The fraction of sp³-hybridized carbons (Fsp3) is 0.160. The number of hydrogen-bond acceptors (Lipinski definition) is 5. The van der Waals surface area contributed by atoms with E-state index in [1.54, 1.807) is 0 Å². The molecule has 0 spiro atoms. The number of benzene rings is 7. The summed E-state index contributed by atoms with van der Waals surface area (Å²) in [5, 5.41) is 0. The molecule has 0 unspecified atom stereocenters. The van der Waals surface area contributed by atoms with E-state index in [4.69, 9.17) is 14.2 Å². The Morgan fingerprint density at radius 2 is 0.754 bits per heavy atom. The van der Waals surface area contributed by atoms with Gasteiger partial charge in [-0.1, -0.05) is 96.1 Å². The van der Waals surface area contributed by atoms with Crippen molar-refractivity contribution in [2.75, 3.05) is 9.80 Å². The summed E-state index contributed by atoms with van der Waals surface area (Å²) in [5.41, 5.74) is 15.9. The number of anilines is 6. The van der Waals surface area contributed by atoms with Crippen LogP contribution >= 0.6 is 0 Å². The largest absolute Gasteiger partial charge is 0.458 e. The summed E-state index contributed by atoms with van der Waals surface area (Å²) in [7, 11) is 0. The molecule has 0 amide bonds. The molecule has 0 fully saturated rings. The molecule has 7 heteroatoms. The van der Waals surface area contributed by atoms with Crippen LogP contribution in [-0.4, -0.2) is 13.4 Å². The van der Waals surface area contributed by atoms with Gasteiger partial charge in [-0.05, 0) is 123 Å². The quantitative estimate of drug-likeness (QED) is 0.165. The van der Waals surface area contributed by atoms with E-state index in [0.29, 0.717) is 0 Å². The van der Waals surface area contributed by atoms with Crippen LogP contribution in [0.25, 0.3) is 0 Å². The second-order valence-corrected chi connectivity index (χ2v) is 18.1. The van der Waals surface area contributed by atoms with E-state index in [0.717, 1.165) is 90.5 Å². The highest BCUT2D eigenvalue weighted by Gasteiger charge is 2.50. The van der Waals surface area contributed by atoms with Gasteiger partial charge in [0.1, 0.15) is 34.5 Å². The summed E-state index contributed by atoms with van der Waals surface area (Å²) in [5.74, 6) is 5.04. The Morgan fingerprint density at radius 1 is 0.368 bits per heavy atom. The van der Waals surface area contributed by atoms with Gasteiger partial charge in [0.05, 0.1) is 0 Å². The molecular formula is C50H40B2N2O3. The minimum absolute atomic E-state index is 0.115. The van der Waals surface area contributed by atoms with Crippen LogP contribution in [0.1, 0.15) is 52.7 Å². The maximum atomic E-state index is 7.24. The van der Waals surface area contributed by atoms with Crippen LogP contribution in [0.15, 0.2) is 133 Å². The predicted molar refractivity (Wildman–Crippen MR) is 236 cm³/mol. The molecule has 7 aromatic carbocycles. The highest BCUT2D eigenvalue weighted by atomic mass is 16.5. The molecule has 7 aromatic rings. The predicted octanol–water partition coefficient (Wildman–Crippen LogP) is 9.20. The first-order chi connectivity index (χ1) is 27.5.